The molecule has 0 radical (unpaired) electrons. The second kappa shape index (κ2) is 5.80. The molecule has 100 valence electrons. The third-order valence-electron chi connectivity index (χ3n) is 2.99. The van der Waals surface area contributed by atoms with Gasteiger partial charge < -0.3 is 9.47 Å². The molecule has 18 heavy (non-hydrogen) atoms. The average molecular weight is 254 g/mol. The zero-order valence-electron chi connectivity index (χ0n) is 10.9. The lowest BCUT2D eigenvalue weighted by Crippen LogP contribution is -2.40. The van der Waals surface area contributed by atoms with Crippen LogP contribution in [-0.2, 0) is 23.9 Å². The van der Waals surface area contributed by atoms with Crippen LogP contribution in [0.2, 0.25) is 0 Å². The Bertz CT molecular complexity index is 376. The van der Waals surface area contributed by atoms with E-state index in [4.69, 9.17) is 9.47 Å². The minimum atomic E-state index is -1.48. The number of ketones is 1. The van der Waals surface area contributed by atoms with Crippen molar-refractivity contribution in [3.63, 3.8) is 0 Å². The fraction of sp³-hybridized carbons (Fsp3) is 0.615. The fourth-order valence-electron chi connectivity index (χ4n) is 2.05. The maximum absolute atomic E-state index is 12.0. The van der Waals surface area contributed by atoms with Crippen LogP contribution >= 0.6 is 0 Å². The minimum absolute atomic E-state index is 0.0694. The first kappa shape index (κ1) is 14.4. The van der Waals surface area contributed by atoms with E-state index in [9.17, 15) is 14.4 Å². The molecule has 5 heteroatoms. The highest BCUT2D eigenvalue weighted by Crippen LogP contribution is 2.41. The molecule has 1 rings (SSSR count). The van der Waals surface area contributed by atoms with Gasteiger partial charge in [-0.05, 0) is 26.3 Å². The molecule has 0 unspecified atom stereocenters. The standard InChI is InChI=1S/C13H18O5/c1-4-9-7-13(8-10(9)14,11(15)17-5-2)12(16)18-6-3/h4H,5-8H2,1-3H3/b9-4-. The van der Waals surface area contributed by atoms with Gasteiger partial charge in [0.25, 0.3) is 0 Å². The summed E-state index contributed by atoms with van der Waals surface area (Å²) in [5.74, 6) is -1.54. The number of Topliss-reactive ketones (excluding diaryl/α,β-unsaturated/α-hetero) is 1. The molecule has 1 saturated carbocycles. The number of hydrogen-bond acceptors (Lipinski definition) is 5. The van der Waals surface area contributed by atoms with Gasteiger partial charge >= 0.3 is 11.9 Å². The normalized spacial score (nSPS) is 19.9. The van der Waals surface area contributed by atoms with Gasteiger partial charge in [-0.15, -0.1) is 0 Å². The van der Waals surface area contributed by atoms with E-state index in [0.29, 0.717) is 5.57 Å². The summed E-state index contributed by atoms with van der Waals surface area (Å²) >= 11 is 0. The summed E-state index contributed by atoms with van der Waals surface area (Å²) in [5, 5.41) is 0. The van der Waals surface area contributed by atoms with Crippen molar-refractivity contribution < 1.29 is 23.9 Å². The zero-order chi connectivity index (χ0) is 13.8. The molecule has 0 heterocycles. The van der Waals surface area contributed by atoms with Gasteiger partial charge in [0.1, 0.15) is 0 Å². The van der Waals surface area contributed by atoms with Crippen molar-refractivity contribution in [2.24, 2.45) is 5.41 Å². The number of hydrogen-bond donors (Lipinski definition) is 0. The third kappa shape index (κ3) is 2.44. The molecule has 1 aliphatic carbocycles. The summed E-state index contributed by atoms with van der Waals surface area (Å²) in [7, 11) is 0. The molecular weight excluding hydrogens is 236 g/mol. The summed E-state index contributed by atoms with van der Waals surface area (Å²) in [6.07, 6.45) is 1.53. The van der Waals surface area contributed by atoms with E-state index in [1.165, 1.54) is 0 Å². The Labute approximate surface area is 106 Å². The Morgan fingerprint density at radius 1 is 1.17 bits per heavy atom. The number of carbonyl (C=O) groups excluding carboxylic acids is 3. The summed E-state index contributed by atoms with van der Waals surface area (Å²) < 4.78 is 9.84. The van der Waals surface area contributed by atoms with Crippen LogP contribution in [0.4, 0.5) is 0 Å². The highest BCUT2D eigenvalue weighted by molar-refractivity contribution is 6.12. The molecule has 0 N–H and O–H groups in total. The molecule has 0 aromatic rings. The van der Waals surface area contributed by atoms with E-state index in [2.05, 4.69) is 0 Å². The van der Waals surface area contributed by atoms with Crippen LogP contribution in [0.5, 0.6) is 0 Å². The molecule has 0 saturated heterocycles. The Morgan fingerprint density at radius 3 is 2.00 bits per heavy atom. The van der Waals surface area contributed by atoms with Gasteiger partial charge in [0, 0.05) is 12.8 Å². The van der Waals surface area contributed by atoms with Gasteiger partial charge in [0.05, 0.1) is 13.2 Å². The maximum atomic E-state index is 12.0. The maximum Gasteiger partial charge on any atom is 0.324 e. The fourth-order valence-corrected chi connectivity index (χ4v) is 2.05. The quantitative estimate of drug-likeness (QED) is 0.431. The lowest BCUT2D eigenvalue weighted by atomic mass is 9.86. The van der Waals surface area contributed by atoms with Crippen LogP contribution in [-0.4, -0.2) is 30.9 Å². The van der Waals surface area contributed by atoms with Crippen LogP contribution in [0.3, 0.4) is 0 Å². The Hall–Kier alpha value is -1.65. The third-order valence-corrected chi connectivity index (χ3v) is 2.99. The zero-order valence-corrected chi connectivity index (χ0v) is 10.9. The summed E-state index contributed by atoms with van der Waals surface area (Å²) in [6, 6.07) is 0. The lowest BCUT2D eigenvalue weighted by molar-refractivity contribution is -0.171. The molecule has 1 aliphatic rings. The molecule has 0 spiro atoms. The first-order valence-corrected chi connectivity index (χ1v) is 6.04. The van der Waals surface area contributed by atoms with E-state index in [1.54, 1.807) is 26.8 Å². The highest BCUT2D eigenvalue weighted by Gasteiger charge is 2.55. The van der Waals surface area contributed by atoms with E-state index >= 15 is 0 Å². The number of allylic oxidation sites excluding steroid dienone is 2. The van der Waals surface area contributed by atoms with E-state index in [0.717, 1.165) is 0 Å². The molecule has 1 fully saturated rings. The van der Waals surface area contributed by atoms with E-state index in [1.807, 2.05) is 0 Å². The van der Waals surface area contributed by atoms with Gasteiger partial charge in [-0.25, -0.2) is 0 Å². The van der Waals surface area contributed by atoms with Gasteiger partial charge in [-0.2, -0.15) is 0 Å². The molecule has 0 amide bonds. The number of carbonyl (C=O) groups is 3. The van der Waals surface area contributed by atoms with Crippen molar-refractivity contribution in [3.8, 4) is 0 Å². The molecule has 5 nitrogen and oxygen atoms in total. The Morgan fingerprint density at radius 2 is 1.67 bits per heavy atom. The van der Waals surface area contributed by atoms with Gasteiger partial charge in [0.2, 0.25) is 0 Å². The van der Waals surface area contributed by atoms with Crippen molar-refractivity contribution in [2.45, 2.75) is 33.6 Å². The predicted molar refractivity (Wildman–Crippen MR) is 63.7 cm³/mol. The summed E-state index contributed by atoms with van der Waals surface area (Å²) in [6.45, 7) is 5.35. The van der Waals surface area contributed by atoms with Crippen molar-refractivity contribution in [2.75, 3.05) is 13.2 Å². The van der Waals surface area contributed by atoms with Crippen molar-refractivity contribution in [3.05, 3.63) is 11.6 Å². The first-order valence-electron chi connectivity index (χ1n) is 6.04. The van der Waals surface area contributed by atoms with Crippen LogP contribution in [0.25, 0.3) is 0 Å². The molecule has 0 aromatic heterocycles. The lowest BCUT2D eigenvalue weighted by Gasteiger charge is -2.22. The largest absolute Gasteiger partial charge is 0.465 e. The molecule has 0 aromatic carbocycles. The number of esters is 2. The average Bonchev–Trinajstić information content (AvgIpc) is 2.68. The molecule has 0 aliphatic heterocycles. The van der Waals surface area contributed by atoms with Gasteiger partial charge in [-0.3, -0.25) is 14.4 Å². The Balaban J connectivity index is 3.08. The van der Waals surface area contributed by atoms with E-state index in [-0.39, 0.29) is 31.8 Å². The van der Waals surface area contributed by atoms with Crippen molar-refractivity contribution in [1.29, 1.82) is 0 Å². The van der Waals surface area contributed by atoms with Crippen LogP contribution < -0.4 is 0 Å². The topological polar surface area (TPSA) is 69.7 Å². The van der Waals surface area contributed by atoms with Crippen LogP contribution in [0.1, 0.15) is 33.6 Å². The first-order chi connectivity index (χ1) is 8.51. The van der Waals surface area contributed by atoms with Crippen molar-refractivity contribution in [1.82, 2.24) is 0 Å². The minimum Gasteiger partial charge on any atom is -0.465 e. The molecule has 0 bridgehead atoms. The van der Waals surface area contributed by atoms with Gasteiger partial charge in [0.15, 0.2) is 11.2 Å². The van der Waals surface area contributed by atoms with Gasteiger partial charge in [-0.1, -0.05) is 6.08 Å². The monoisotopic (exact) mass is 254 g/mol. The van der Waals surface area contributed by atoms with Crippen LogP contribution in [0, 0.1) is 5.41 Å². The highest BCUT2D eigenvalue weighted by atomic mass is 16.6. The second-order valence-corrected chi connectivity index (χ2v) is 4.11. The predicted octanol–water partition coefficient (Wildman–Crippen LogP) is 1.41. The second-order valence-electron chi connectivity index (χ2n) is 4.11. The summed E-state index contributed by atoms with van der Waals surface area (Å²) in [5.41, 5.74) is -0.999. The molecule has 0 atom stereocenters. The van der Waals surface area contributed by atoms with Crippen LogP contribution in [0.15, 0.2) is 11.6 Å². The number of rotatable bonds is 4. The molecular formula is C13H18O5. The SMILES string of the molecule is C/C=C1/CC(C(=O)OCC)(C(=O)OCC)CC1=O. The smallest absolute Gasteiger partial charge is 0.324 e. The van der Waals surface area contributed by atoms with E-state index < -0.39 is 17.4 Å². The Kier molecular flexibility index (Phi) is 4.64. The number of ether oxygens (including phenoxy) is 2. The summed E-state index contributed by atoms with van der Waals surface area (Å²) in [4.78, 5) is 35.7. The van der Waals surface area contributed by atoms with Crippen molar-refractivity contribution >= 4 is 17.7 Å².